The number of carboxylic acid groups (broad SMARTS) is 1. The summed E-state index contributed by atoms with van der Waals surface area (Å²) in [5, 5.41) is 10.1. The molecule has 0 saturated carbocycles. The first-order chi connectivity index (χ1) is 14.9. The van der Waals surface area contributed by atoms with E-state index in [1.807, 2.05) is 25.1 Å². The topological polar surface area (TPSA) is 96.8 Å². The Morgan fingerprint density at radius 2 is 1.84 bits per heavy atom. The smallest absolute Gasteiger partial charge is 0.336 e. The summed E-state index contributed by atoms with van der Waals surface area (Å²) in [7, 11) is -3.68. The van der Waals surface area contributed by atoms with Gasteiger partial charge in [-0.25, -0.2) is 18.2 Å². The van der Waals surface area contributed by atoms with Gasteiger partial charge in [0.25, 0.3) is 0 Å². The molecule has 0 aliphatic carbocycles. The largest absolute Gasteiger partial charge is 0.493 e. The average Bonchev–Trinajstić information content (AvgIpc) is 2.79. The van der Waals surface area contributed by atoms with Crippen molar-refractivity contribution >= 4 is 26.9 Å². The van der Waals surface area contributed by atoms with E-state index in [0.29, 0.717) is 47.6 Å². The van der Waals surface area contributed by atoms with Gasteiger partial charge < -0.3 is 9.84 Å². The minimum absolute atomic E-state index is 0.00185. The molecule has 1 aliphatic rings. The van der Waals surface area contributed by atoms with Crippen LogP contribution >= 0.6 is 0 Å². The van der Waals surface area contributed by atoms with Gasteiger partial charge >= 0.3 is 5.97 Å². The lowest BCUT2D eigenvalue weighted by molar-refractivity contribution is 0.0699. The number of rotatable bonds is 6. The van der Waals surface area contributed by atoms with E-state index in [1.54, 1.807) is 12.1 Å². The van der Waals surface area contributed by atoms with E-state index in [-0.39, 0.29) is 10.5 Å². The van der Waals surface area contributed by atoms with Crippen LogP contribution in [0.2, 0.25) is 0 Å². The van der Waals surface area contributed by atoms with Gasteiger partial charge in [-0.05, 0) is 56.2 Å². The van der Waals surface area contributed by atoms with E-state index in [2.05, 4.69) is 4.98 Å². The maximum absolute atomic E-state index is 13.1. The minimum atomic E-state index is -3.68. The molecule has 7 nitrogen and oxygen atoms in total. The number of aromatic nitrogens is 1. The van der Waals surface area contributed by atoms with Crippen LogP contribution in [0.25, 0.3) is 22.2 Å². The number of hydrogen-bond acceptors (Lipinski definition) is 5. The maximum atomic E-state index is 13.1. The van der Waals surface area contributed by atoms with Crippen molar-refractivity contribution < 1.29 is 23.1 Å². The summed E-state index contributed by atoms with van der Waals surface area (Å²) in [5.74, 6) is -0.535. The maximum Gasteiger partial charge on any atom is 0.336 e. The summed E-state index contributed by atoms with van der Waals surface area (Å²) in [4.78, 5) is 16.8. The Kier molecular flexibility index (Phi) is 5.93. The molecule has 162 valence electrons. The van der Waals surface area contributed by atoms with Gasteiger partial charge in [-0.15, -0.1) is 0 Å². The van der Waals surface area contributed by atoms with Gasteiger partial charge in [0, 0.05) is 24.0 Å². The van der Waals surface area contributed by atoms with Crippen molar-refractivity contribution in [2.75, 3.05) is 19.7 Å². The van der Waals surface area contributed by atoms with Crippen molar-refractivity contribution in [2.24, 2.45) is 0 Å². The van der Waals surface area contributed by atoms with Crippen molar-refractivity contribution in [3.8, 4) is 17.0 Å². The first kappa shape index (κ1) is 21.3. The van der Waals surface area contributed by atoms with Crippen LogP contribution in [-0.2, 0) is 10.0 Å². The number of carbonyl (C=O) groups is 1. The van der Waals surface area contributed by atoms with Crippen LogP contribution in [0.4, 0.5) is 0 Å². The number of pyridine rings is 1. The molecule has 2 heterocycles. The van der Waals surface area contributed by atoms with E-state index >= 15 is 0 Å². The number of ether oxygens (including phenoxy) is 1. The predicted molar refractivity (Wildman–Crippen MR) is 118 cm³/mol. The summed E-state index contributed by atoms with van der Waals surface area (Å²) >= 11 is 0. The summed E-state index contributed by atoms with van der Waals surface area (Å²) < 4.78 is 33.3. The van der Waals surface area contributed by atoms with E-state index in [0.717, 1.165) is 19.3 Å². The SMILES string of the molecule is CCOc1ccccc1-c1cc(C(=O)O)c2cc(S(=O)(=O)N3CCCCC3)ccc2n1. The summed E-state index contributed by atoms with van der Waals surface area (Å²) in [6.07, 6.45) is 2.68. The monoisotopic (exact) mass is 440 g/mol. The molecular formula is C23H24N2O5S. The Balaban J connectivity index is 1.85. The molecule has 3 aromatic rings. The molecule has 0 spiro atoms. The summed E-state index contributed by atoms with van der Waals surface area (Å²) in [6.45, 7) is 3.31. The zero-order valence-electron chi connectivity index (χ0n) is 17.2. The standard InChI is InChI=1S/C23H24N2O5S/c1-2-30-22-9-5-4-8-17(22)21-15-19(23(26)27)18-14-16(10-11-20(18)24-21)31(28,29)25-12-6-3-7-13-25/h4-5,8-11,14-15H,2-3,6-7,12-13H2,1H3,(H,26,27). The number of carboxylic acids is 1. The fourth-order valence-electron chi connectivity index (χ4n) is 3.89. The van der Waals surface area contributed by atoms with Crippen molar-refractivity contribution in [1.29, 1.82) is 0 Å². The minimum Gasteiger partial charge on any atom is -0.493 e. The molecule has 1 fully saturated rings. The summed E-state index contributed by atoms with van der Waals surface area (Å²) in [6, 6.07) is 13.3. The van der Waals surface area contributed by atoms with Gasteiger partial charge in [-0.1, -0.05) is 18.6 Å². The Morgan fingerprint density at radius 1 is 1.10 bits per heavy atom. The Labute approximate surface area is 181 Å². The van der Waals surface area contributed by atoms with Crippen LogP contribution < -0.4 is 4.74 Å². The Morgan fingerprint density at radius 3 is 2.55 bits per heavy atom. The molecule has 2 aromatic carbocycles. The summed E-state index contributed by atoms with van der Waals surface area (Å²) in [5.41, 5.74) is 1.56. The zero-order valence-corrected chi connectivity index (χ0v) is 18.1. The molecule has 1 aromatic heterocycles. The van der Waals surface area contributed by atoms with Gasteiger partial charge in [0.1, 0.15) is 5.75 Å². The van der Waals surface area contributed by atoms with Crippen LogP contribution in [0.5, 0.6) is 5.75 Å². The second-order valence-electron chi connectivity index (χ2n) is 7.43. The van der Waals surface area contributed by atoms with Crippen LogP contribution in [-0.4, -0.2) is 48.5 Å². The number of nitrogens with zero attached hydrogens (tertiary/aromatic N) is 2. The quantitative estimate of drug-likeness (QED) is 0.618. The molecule has 0 atom stereocenters. The van der Waals surface area contributed by atoms with Crippen molar-refractivity contribution in [2.45, 2.75) is 31.1 Å². The van der Waals surface area contributed by atoms with Crippen molar-refractivity contribution in [1.82, 2.24) is 9.29 Å². The molecular weight excluding hydrogens is 416 g/mol. The van der Waals surface area contributed by atoms with Gasteiger partial charge in [0.05, 0.1) is 28.3 Å². The number of sulfonamides is 1. The van der Waals surface area contributed by atoms with Gasteiger partial charge in [0.15, 0.2) is 0 Å². The third-order valence-corrected chi connectivity index (χ3v) is 7.32. The van der Waals surface area contributed by atoms with E-state index < -0.39 is 16.0 Å². The van der Waals surface area contributed by atoms with E-state index in [4.69, 9.17) is 4.74 Å². The average molecular weight is 441 g/mol. The van der Waals surface area contributed by atoms with E-state index in [9.17, 15) is 18.3 Å². The molecule has 1 saturated heterocycles. The van der Waals surface area contributed by atoms with E-state index in [1.165, 1.54) is 22.5 Å². The van der Waals surface area contributed by atoms with Crippen LogP contribution in [0.3, 0.4) is 0 Å². The normalized spacial score (nSPS) is 15.1. The highest BCUT2D eigenvalue weighted by Crippen LogP contribution is 2.33. The fraction of sp³-hybridized carbons (Fsp3) is 0.304. The highest BCUT2D eigenvalue weighted by molar-refractivity contribution is 7.89. The predicted octanol–water partition coefficient (Wildman–Crippen LogP) is 4.17. The number of aromatic carboxylic acids is 1. The third kappa shape index (κ3) is 4.13. The van der Waals surface area contributed by atoms with Gasteiger partial charge in [-0.2, -0.15) is 4.31 Å². The number of piperidine rings is 1. The highest BCUT2D eigenvalue weighted by atomic mass is 32.2. The number of para-hydroxylation sites is 1. The third-order valence-electron chi connectivity index (χ3n) is 5.43. The molecule has 4 rings (SSSR count). The second kappa shape index (κ2) is 8.64. The lowest BCUT2D eigenvalue weighted by Crippen LogP contribution is -2.35. The molecule has 31 heavy (non-hydrogen) atoms. The number of fused-ring (bicyclic) bond motifs is 1. The Bertz CT molecular complexity index is 1230. The van der Waals surface area contributed by atoms with Crippen molar-refractivity contribution in [3.05, 3.63) is 54.1 Å². The van der Waals surface area contributed by atoms with Crippen LogP contribution in [0.1, 0.15) is 36.5 Å². The lowest BCUT2D eigenvalue weighted by atomic mass is 10.0. The fourth-order valence-corrected chi connectivity index (χ4v) is 5.44. The van der Waals surface area contributed by atoms with Crippen LogP contribution in [0.15, 0.2) is 53.4 Å². The molecule has 0 radical (unpaired) electrons. The lowest BCUT2D eigenvalue weighted by Gasteiger charge is -2.26. The second-order valence-corrected chi connectivity index (χ2v) is 9.37. The first-order valence-electron chi connectivity index (χ1n) is 10.3. The molecule has 0 amide bonds. The number of benzene rings is 2. The molecule has 1 N–H and O–H groups in total. The zero-order chi connectivity index (χ0) is 22.0. The highest BCUT2D eigenvalue weighted by Gasteiger charge is 2.27. The van der Waals surface area contributed by atoms with Gasteiger partial charge in [-0.3, -0.25) is 0 Å². The molecule has 0 unspecified atom stereocenters. The first-order valence-corrected chi connectivity index (χ1v) is 11.8. The molecule has 0 bridgehead atoms. The van der Waals surface area contributed by atoms with Gasteiger partial charge in [0.2, 0.25) is 10.0 Å². The molecule has 8 heteroatoms. The van der Waals surface area contributed by atoms with Crippen LogP contribution in [0, 0.1) is 0 Å². The number of hydrogen-bond donors (Lipinski definition) is 1. The molecule has 1 aliphatic heterocycles. The van der Waals surface area contributed by atoms with Crippen molar-refractivity contribution in [3.63, 3.8) is 0 Å². The Hall–Kier alpha value is -2.97.